The van der Waals surface area contributed by atoms with Gasteiger partial charge in [-0.3, -0.25) is 9.78 Å². The summed E-state index contributed by atoms with van der Waals surface area (Å²) in [4.78, 5) is 16.0. The first-order valence-electron chi connectivity index (χ1n) is 6.40. The van der Waals surface area contributed by atoms with Crippen molar-refractivity contribution in [1.82, 2.24) is 9.71 Å². The van der Waals surface area contributed by atoms with Crippen LogP contribution in [0.2, 0.25) is 5.02 Å². The first-order valence-corrected chi connectivity index (χ1v) is 8.32. The van der Waals surface area contributed by atoms with Crippen molar-refractivity contribution in [3.05, 3.63) is 64.3 Å². The molecule has 120 valence electrons. The van der Waals surface area contributed by atoms with E-state index in [0.29, 0.717) is 10.6 Å². The molecule has 1 aromatic heterocycles. The Kier molecular flexibility index (Phi) is 5.36. The minimum atomic E-state index is -3.96. The van der Waals surface area contributed by atoms with Crippen LogP contribution in [0, 0.1) is 0 Å². The monoisotopic (exact) mass is 352 g/mol. The second kappa shape index (κ2) is 7.26. The molecular formula is C15H13ClN2O4S. The number of hydrogen-bond donors (Lipinski definition) is 1. The fraction of sp³-hybridized carbons (Fsp3) is 0.0667. The van der Waals surface area contributed by atoms with Crippen molar-refractivity contribution < 1.29 is 17.9 Å². The summed E-state index contributed by atoms with van der Waals surface area (Å²) in [6.07, 6.45) is 4.40. The van der Waals surface area contributed by atoms with Gasteiger partial charge in [-0.1, -0.05) is 17.7 Å². The lowest BCUT2D eigenvalue weighted by Crippen LogP contribution is -2.29. The molecule has 6 nitrogen and oxygen atoms in total. The zero-order chi connectivity index (χ0) is 16.9. The predicted molar refractivity (Wildman–Crippen MR) is 87.7 cm³/mol. The van der Waals surface area contributed by atoms with Crippen LogP contribution in [-0.4, -0.2) is 26.4 Å². The molecule has 1 heterocycles. The van der Waals surface area contributed by atoms with Gasteiger partial charge in [0.1, 0.15) is 5.75 Å². The van der Waals surface area contributed by atoms with Crippen LogP contribution in [-0.2, 0) is 10.0 Å². The number of hydrogen-bond acceptors (Lipinski definition) is 5. The van der Waals surface area contributed by atoms with Crippen LogP contribution in [0.5, 0.6) is 5.75 Å². The van der Waals surface area contributed by atoms with Crippen LogP contribution in [0.15, 0.2) is 48.1 Å². The summed E-state index contributed by atoms with van der Waals surface area (Å²) in [6, 6.07) is 7.63. The van der Waals surface area contributed by atoms with Crippen LogP contribution in [0.4, 0.5) is 0 Å². The Hall–Kier alpha value is -2.38. The normalized spacial score (nSPS) is 11.4. The number of ether oxygens (including phenoxy) is 1. The molecule has 0 bridgehead atoms. The van der Waals surface area contributed by atoms with Crippen LogP contribution in [0.1, 0.15) is 15.9 Å². The molecule has 0 saturated carbocycles. The summed E-state index contributed by atoms with van der Waals surface area (Å²) in [5, 5.41) is 1.27. The number of methoxy groups -OCH3 is 1. The van der Waals surface area contributed by atoms with Gasteiger partial charge in [0.15, 0.2) is 0 Å². The quantitative estimate of drug-likeness (QED) is 0.893. The lowest BCUT2D eigenvalue weighted by molar-refractivity contribution is 0.0979. The van der Waals surface area contributed by atoms with Gasteiger partial charge in [0, 0.05) is 17.4 Å². The van der Waals surface area contributed by atoms with E-state index in [1.165, 1.54) is 37.6 Å². The molecule has 1 amide bonds. The Morgan fingerprint density at radius 3 is 2.78 bits per heavy atom. The number of benzene rings is 1. The van der Waals surface area contributed by atoms with Crippen LogP contribution in [0.25, 0.3) is 6.08 Å². The Balaban J connectivity index is 2.17. The summed E-state index contributed by atoms with van der Waals surface area (Å²) in [7, 11) is -2.60. The van der Waals surface area contributed by atoms with Crippen LogP contribution >= 0.6 is 11.6 Å². The molecule has 1 N–H and O–H groups in total. The van der Waals surface area contributed by atoms with Crippen molar-refractivity contribution in [3.63, 3.8) is 0 Å². The molecule has 1 aromatic carbocycles. The highest BCUT2D eigenvalue weighted by Gasteiger charge is 2.17. The average molecular weight is 353 g/mol. The molecule has 0 spiro atoms. The van der Waals surface area contributed by atoms with Gasteiger partial charge in [-0.05, 0) is 35.9 Å². The molecule has 0 aliphatic rings. The lowest BCUT2D eigenvalue weighted by Gasteiger charge is -2.08. The smallest absolute Gasteiger partial charge is 0.268 e. The number of nitrogens with one attached hydrogen (secondary N) is 1. The molecule has 0 radical (unpaired) electrons. The van der Waals surface area contributed by atoms with Crippen molar-refractivity contribution in [2.75, 3.05) is 7.11 Å². The molecule has 0 saturated heterocycles. The predicted octanol–water partition coefficient (Wildman–Crippen LogP) is 2.47. The van der Waals surface area contributed by atoms with Crippen molar-refractivity contribution in [3.8, 4) is 5.75 Å². The van der Waals surface area contributed by atoms with Gasteiger partial charge in [-0.25, -0.2) is 13.1 Å². The van der Waals surface area contributed by atoms with Crippen molar-refractivity contribution >= 4 is 33.6 Å². The van der Waals surface area contributed by atoms with Gasteiger partial charge in [-0.2, -0.15) is 0 Å². The number of rotatable bonds is 5. The van der Waals surface area contributed by atoms with Crippen LogP contribution in [0.3, 0.4) is 0 Å². The highest BCUT2D eigenvalue weighted by atomic mass is 35.5. The van der Waals surface area contributed by atoms with Crippen molar-refractivity contribution in [2.24, 2.45) is 0 Å². The van der Waals surface area contributed by atoms with Gasteiger partial charge in [0.05, 0.1) is 18.1 Å². The lowest BCUT2D eigenvalue weighted by atomic mass is 10.2. The van der Waals surface area contributed by atoms with E-state index in [-0.39, 0.29) is 11.3 Å². The third kappa shape index (κ3) is 4.80. The van der Waals surface area contributed by atoms with Gasteiger partial charge in [0.25, 0.3) is 15.9 Å². The number of nitrogens with zero attached hydrogens (tertiary/aromatic N) is 1. The maximum absolute atomic E-state index is 12.1. The second-order valence-corrected chi connectivity index (χ2v) is 6.41. The first kappa shape index (κ1) is 17.0. The summed E-state index contributed by atoms with van der Waals surface area (Å²) in [5.41, 5.74) is 0.657. The molecule has 2 rings (SSSR count). The zero-order valence-corrected chi connectivity index (χ0v) is 13.6. The molecule has 8 heteroatoms. The molecule has 2 aromatic rings. The average Bonchev–Trinajstić information content (AvgIpc) is 2.53. The Morgan fingerprint density at radius 2 is 2.13 bits per heavy atom. The molecule has 23 heavy (non-hydrogen) atoms. The molecule has 0 unspecified atom stereocenters. The molecular weight excluding hydrogens is 340 g/mol. The number of aromatic nitrogens is 1. The van der Waals surface area contributed by atoms with Gasteiger partial charge in [-0.15, -0.1) is 0 Å². The van der Waals surface area contributed by atoms with E-state index >= 15 is 0 Å². The second-order valence-electron chi connectivity index (χ2n) is 4.41. The van der Waals surface area contributed by atoms with E-state index in [1.54, 1.807) is 18.3 Å². The maximum Gasteiger partial charge on any atom is 0.268 e. The standard InChI is InChI=1S/C15H13ClN2O4S/c1-22-14-9-12(16)4-5-13(14)15(19)18-23(20,21)8-6-11-3-2-7-17-10-11/h2-10H,1H3,(H,18,19). The molecule has 0 aliphatic heterocycles. The summed E-state index contributed by atoms with van der Waals surface area (Å²) >= 11 is 5.80. The fourth-order valence-electron chi connectivity index (χ4n) is 1.71. The summed E-state index contributed by atoms with van der Waals surface area (Å²) in [6.45, 7) is 0. The van der Waals surface area contributed by atoms with Crippen molar-refractivity contribution in [1.29, 1.82) is 0 Å². The van der Waals surface area contributed by atoms with E-state index in [1.807, 2.05) is 4.72 Å². The summed E-state index contributed by atoms with van der Waals surface area (Å²) < 4.78 is 30.9. The van der Waals surface area contributed by atoms with E-state index < -0.39 is 15.9 Å². The number of amides is 1. The van der Waals surface area contributed by atoms with E-state index in [2.05, 4.69) is 4.98 Å². The SMILES string of the molecule is COc1cc(Cl)ccc1C(=O)NS(=O)(=O)C=Cc1cccnc1. The van der Waals surface area contributed by atoms with Crippen LogP contribution < -0.4 is 9.46 Å². The molecule has 0 aliphatic carbocycles. The third-order valence-corrected chi connectivity index (χ3v) is 3.97. The highest BCUT2D eigenvalue weighted by Crippen LogP contribution is 2.23. The van der Waals surface area contributed by atoms with Gasteiger partial charge in [0.2, 0.25) is 0 Å². The number of halogens is 1. The minimum absolute atomic E-state index is 0.0650. The number of carbonyl (C=O) groups is 1. The van der Waals surface area contributed by atoms with E-state index in [9.17, 15) is 13.2 Å². The molecule has 0 atom stereocenters. The van der Waals surface area contributed by atoms with Gasteiger partial charge < -0.3 is 4.74 Å². The van der Waals surface area contributed by atoms with Crippen molar-refractivity contribution in [2.45, 2.75) is 0 Å². The summed E-state index contributed by atoms with van der Waals surface area (Å²) in [5.74, 6) is -0.629. The van der Waals surface area contributed by atoms with E-state index in [0.717, 1.165) is 5.41 Å². The van der Waals surface area contributed by atoms with Gasteiger partial charge >= 0.3 is 0 Å². The molecule has 0 fully saturated rings. The Morgan fingerprint density at radius 1 is 1.35 bits per heavy atom. The first-order chi connectivity index (χ1) is 10.9. The fourth-order valence-corrected chi connectivity index (χ4v) is 2.65. The minimum Gasteiger partial charge on any atom is -0.496 e. The zero-order valence-electron chi connectivity index (χ0n) is 12.1. The Labute approximate surface area is 138 Å². The maximum atomic E-state index is 12.1. The number of sulfonamides is 1. The number of carbonyl (C=O) groups excluding carboxylic acids is 1. The highest BCUT2D eigenvalue weighted by molar-refractivity contribution is 7.93. The number of pyridine rings is 1. The third-order valence-electron chi connectivity index (χ3n) is 2.77. The van der Waals surface area contributed by atoms with E-state index in [4.69, 9.17) is 16.3 Å². The largest absolute Gasteiger partial charge is 0.496 e. The topological polar surface area (TPSA) is 85.4 Å². The Bertz CT molecular complexity index is 836.